The van der Waals surface area contributed by atoms with Gasteiger partial charge in [0.1, 0.15) is 17.4 Å². The number of nitrogens with two attached hydrogens (primary N) is 1. The predicted molar refractivity (Wildman–Crippen MR) is 95.0 cm³/mol. The Balaban J connectivity index is 2.14. The van der Waals surface area contributed by atoms with Crippen molar-refractivity contribution in [2.24, 2.45) is 11.1 Å². The highest BCUT2D eigenvalue weighted by Gasteiger charge is 2.43. The van der Waals surface area contributed by atoms with Gasteiger partial charge >= 0.3 is 0 Å². The normalized spacial score (nSPS) is 21.8. The fourth-order valence-electron chi connectivity index (χ4n) is 3.61. The lowest BCUT2D eigenvalue weighted by molar-refractivity contribution is -0.119. The smallest absolute Gasteiger partial charge is 0.205 e. The summed E-state index contributed by atoms with van der Waals surface area (Å²) in [6.45, 7) is 6.23. The molecule has 0 radical (unpaired) electrons. The SMILES string of the molecule is CCOc1ccc(C2C(C#N)=C(N)OC3=C2C(=O)CC(C)(C)C3)cc1O. The van der Waals surface area contributed by atoms with Gasteiger partial charge in [0, 0.05) is 18.4 Å². The Bertz CT molecular complexity index is 874. The summed E-state index contributed by atoms with van der Waals surface area (Å²) in [5.41, 5.74) is 6.99. The molecule has 26 heavy (non-hydrogen) atoms. The maximum Gasteiger partial charge on any atom is 0.205 e. The number of hydrogen-bond donors (Lipinski definition) is 2. The first-order valence-electron chi connectivity index (χ1n) is 8.57. The first kappa shape index (κ1) is 17.9. The van der Waals surface area contributed by atoms with E-state index in [-0.39, 0.29) is 28.4 Å². The Hall–Kier alpha value is -2.94. The van der Waals surface area contributed by atoms with Crippen molar-refractivity contribution in [1.29, 1.82) is 5.26 Å². The summed E-state index contributed by atoms with van der Waals surface area (Å²) in [7, 11) is 0. The minimum absolute atomic E-state index is 0.00937. The number of nitriles is 1. The van der Waals surface area contributed by atoms with Gasteiger partial charge < -0.3 is 20.3 Å². The van der Waals surface area contributed by atoms with Crippen molar-refractivity contribution < 1.29 is 19.4 Å². The minimum atomic E-state index is -0.645. The number of nitrogens with zero attached hydrogens (tertiary/aromatic N) is 1. The molecule has 1 atom stereocenters. The highest BCUT2D eigenvalue weighted by Crippen LogP contribution is 2.48. The van der Waals surface area contributed by atoms with E-state index in [0.717, 1.165) is 0 Å². The van der Waals surface area contributed by atoms with Crippen LogP contribution in [0.1, 0.15) is 45.1 Å². The number of phenolic OH excluding ortho intramolecular Hbond substituents is 1. The van der Waals surface area contributed by atoms with Crippen molar-refractivity contribution in [3.8, 4) is 17.6 Å². The van der Waals surface area contributed by atoms with E-state index in [1.54, 1.807) is 12.1 Å². The lowest BCUT2D eigenvalue weighted by Crippen LogP contribution is -2.33. The van der Waals surface area contributed by atoms with Gasteiger partial charge in [0.25, 0.3) is 0 Å². The van der Waals surface area contributed by atoms with Crippen LogP contribution in [0.25, 0.3) is 0 Å². The van der Waals surface area contributed by atoms with E-state index >= 15 is 0 Å². The lowest BCUT2D eigenvalue weighted by atomic mass is 9.70. The average molecular weight is 354 g/mol. The zero-order chi connectivity index (χ0) is 19.1. The van der Waals surface area contributed by atoms with Gasteiger partial charge in [0.2, 0.25) is 5.88 Å². The highest BCUT2D eigenvalue weighted by molar-refractivity contribution is 6.00. The molecule has 1 aliphatic carbocycles. The van der Waals surface area contributed by atoms with Crippen LogP contribution in [0.2, 0.25) is 0 Å². The summed E-state index contributed by atoms with van der Waals surface area (Å²) in [6.07, 6.45) is 0.931. The number of carbonyl (C=O) groups is 1. The molecule has 0 amide bonds. The first-order valence-corrected chi connectivity index (χ1v) is 8.57. The fraction of sp³-hybridized carbons (Fsp3) is 0.400. The number of allylic oxidation sites excluding steroid dienone is 3. The predicted octanol–water partition coefficient (Wildman–Crippen LogP) is 3.24. The van der Waals surface area contributed by atoms with E-state index < -0.39 is 5.92 Å². The Morgan fingerprint density at radius 1 is 1.42 bits per heavy atom. The molecular formula is C20H22N2O4. The monoisotopic (exact) mass is 354 g/mol. The van der Waals surface area contributed by atoms with Gasteiger partial charge in [-0.1, -0.05) is 19.9 Å². The number of benzene rings is 1. The molecule has 3 rings (SSSR count). The molecule has 1 aromatic rings. The molecule has 0 bridgehead atoms. The number of aromatic hydroxyl groups is 1. The van der Waals surface area contributed by atoms with Crippen LogP contribution < -0.4 is 10.5 Å². The van der Waals surface area contributed by atoms with Gasteiger partial charge in [-0.3, -0.25) is 4.79 Å². The number of carbonyl (C=O) groups excluding carboxylic acids is 1. The van der Waals surface area contributed by atoms with Crippen LogP contribution in [-0.4, -0.2) is 17.5 Å². The largest absolute Gasteiger partial charge is 0.504 e. The van der Waals surface area contributed by atoms with E-state index in [1.807, 2.05) is 20.8 Å². The summed E-state index contributed by atoms with van der Waals surface area (Å²) in [6, 6.07) is 6.95. The minimum Gasteiger partial charge on any atom is -0.504 e. The molecule has 0 saturated carbocycles. The summed E-state index contributed by atoms with van der Waals surface area (Å²) in [4.78, 5) is 12.9. The number of phenols is 1. The lowest BCUT2D eigenvalue weighted by Gasteiger charge is -2.37. The van der Waals surface area contributed by atoms with E-state index in [1.165, 1.54) is 6.07 Å². The second kappa shape index (κ2) is 6.41. The van der Waals surface area contributed by atoms with E-state index in [0.29, 0.717) is 42.1 Å². The van der Waals surface area contributed by atoms with Crippen LogP contribution in [-0.2, 0) is 9.53 Å². The van der Waals surface area contributed by atoms with Gasteiger partial charge in [-0.05, 0) is 30.0 Å². The molecular weight excluding hydrogens is 332 g/mol. The third kappa shape index (κ3) is 3.01. The third-order valence-corrected chi connectivity index (χ3v) is 4.69. The maximum atomic E-state index is 12.9. The third-order valence-electron chi connectivity index (χ3n) is 4.69. The molecule has 1 aliphatic heterocycles. The zero-order valence-electron chi connectivity index (χ0n) is 15.1. The molecule has 0 spiro atoms. The number of rotatable bonds is 3. The summed E-state index contributed by atoms with van der Waals surface area (Å²) >= 11 is 0. The maximum absolute atomic E-state index is 12.9. The van der Waals surface area contributed by atoms with Gasteiger partial charge in [0.15, 0.2) is 17.3 Å². The van der Waals surface area contributed by atoms with Crippen LogP contribution in [0, 0.1) is 16.7 Å². The standard InChI is InChI=1S/C20H22N2O4/c1-4-25-15-6-5-11(7-13(15)23)17-12(10-21)19(22)26-16-9-20(2,3)8-14(24)18(16)17/h5-7,17,23H,4,8-9,22H2,1-3H3. The quantitative estimate of drug-likeness (QED) is 0.863. The first-order chi connectivity index (χ1) is 12.3. The Kier molecular flexibility index (Phi) is 4.41. The van der Waals surface area contributed by atoms with Crippen molar-refractivity contribution in [3.63, 3.8) is 0 Å². The van der Waals surface area contributed by atoms with E-state index in [2.05, 4.69) is 6.07 Å². The van der Waals surface area contributed by atoms with Crippen LogP contribution in [0.5, 0.6) is 11.5 Å². The molecule has 3 N–H and O–H groups in total. The van der Waals surface area contributed by atoms with Crippen molar-refractivity contribution in [1.82, 2.24) is 0 Å². The molecule has 136 valence electrons. The molecule has 0 aromatic heterocycles. The number of ether oxygens (including phenoxy) is 2. The summed E-state index contributed by atoms with van der Waals surface area (Å²) in [5, 5.41) is 19.8. The number of hydrogen-bond acceptors (Lipinski definition) is 6. The van der Waals surface area contributed by atoms with Crippen molar-refractivity contribution in [2.75, 3.05) is 6.61 Å². The van der Waals surface area contributed by atoms with Crippen molar-refractivity contribution in [3.05, 3.63) is 46.6 Å². The van der Waals surface area contributed by atoms with Crippen molar-refractivity contribution >= 4 is 5.78 Å². The molecule has 1 unspecified atom stereocenters. The Morgan fingerprint density at radius 2 is 2.15 bits per heavy atom. The Morgan fingerprint density at radius 3 is 2.77 bits per heavy atom. The fourth-order valence-corrected chi connectivity index (χ4v) is 3.61. The zero-order valence-corrected chi connectivity index (χ0v) is 15.1. The average Bonchev–Trinajstić information content (AvgIpc) is 2.54. The second-order valence-electron chi connectivity index (χ2n) is 7.36. The molecule has 6 nitrogen and oxygen atoms in total. The van der Waals surface area contributed by atoms with Gasteiger partial charge in [-0.15, -0.1) is 0 Å². The van der Waals surface area contributed by atoms with Crippen LogP contribution in [0.15, 0.2) is 41.0 Å². The van der Waals surface area contributed by atoms with Crippen molar-refractivity contribution in [2.45, 2.75) is 39.5 Å². The van der Waals surface area contributed by atoms with Gasteiger partial charge in [0.05, 0.1) is 12.5 Å². The molecule has 0 saturated heterocycles. The number of Topliss-reactive ketones (excluding diaryl/α,β-unsaturated/α-hetero) is 1. The molecule has 2 aliphatic rings. The second-order valence-corrected chi connectivity index (χ2v) is 7.36. The van der Waals surface area contributed by atoms with Gasteiger partial charge in [-0.2, -0.15) is 5.26 Å². The molecule has 6 heteroatoms. The number of ketones is 1. The molecule has 1 heterocycles. The molecule has 1 aromatic carbocycles. The van der Waals surface area contributed by atoms with E-state index in [4.69, 9.17) is 15.2 Å². The topological polar surface area (TPSA) is 106 Å². The van der Waals surface area contributed by atoms with Gasteiger partial charge in [-0.25, -0.2) is 0 Å². The summed E-state index contributed by atoms with van der Waals surface area (Å²) < 4.78 is 11.0. The van der Waals surface area contributed by atoms with E-state index in [9.17, 15) is 15.2 Å². The molecule has 0 fully saturated rings. The van der Waals surface area contributed by atoms with Crippen LogP contribution in [0.4, 0.5) is 0 Å². The summed E-state index contributed by atoms with van der Waals surface area (Å²) in [5.74, 6) is 0.126. The van der Waals surface area contributed by atoms with Crippen LogP contribution >= 0.6 is 0 Å². The Labute approximate surface area is 152 Å². The highest BCUT2D eigenvalue weighted by atomic mass is 16.5. The van der Waals surface area contributed by atoms with Crippen LogP contribution in [0.3, 0.4) is 0 Å².